The van der Waals surface area contributed by atoms with E-state index in [0.29, 0.717) is 33.7 Å². The minimum Gasteiger partial charge on any atom is -0.343 e. The lowest BCUT2D eigenvalue weighted by molar-refractivity contribution is -0.115. The molecule has 0 atom stereocenters. The molecule has 144 valence electrons. The highest BCUT2D eigenvalue weighted by Crippen LogP contribution is 2.19. The molecule has 1 aromatic heterocycles. The van der Waals surface area contributed by atoms with Crippen molar-refractivity contribution in [1.82, 2.24) is 15.5 Å². The molecule has 0 saturated carbocycles. The molecule has 0 fully saturated rings. The number of amides is 2. The highest BCUT2D eigenvalue weighted by atomic mass is 79.9. The van der Waals surface area contributed by atoms with Crippen LogP contribution in [-0.2, 0) is 11.2 Å². The number of aromatic nitrogens is 2. The van der Waals surface area contributed by atoms with Crippen molar-refractivity contribution in [3.8, 4) is 11.4 Å². The molecule has 0 aliphatic carbocycles. The molecule has 0 bridgehead atoms. The molecule has 1 heterocycles. The second-order valence-electron chi connectivity index (χ2n) is 5.80. The first-order valence-corrected chi connectivity index (χ1v) is 9.21. The van der Waals surface area contributed by atoms with Crippen molar-refractivity contribution in [2.75, 3.05) is 11.9 Å². The molecule has 0 aliphatic rings. The van der Waals surface area contributed by atoms with Gasteiger partial charge in [0.2, 0.25) is 17.6 Å². The SMILES string of the molecule is CCc1nc(-c2ccc(C(=O)NCC(=O)Nc3ccc(Br)cc3F)cc2)no1. The molecule has 9 heteroatoms. The molecule has 2 amide bonds. The van der Waals surface area contributed by atoms with Crippen molar-refractivity contribution in [2.24, 2.45) is 0 Å². The van der Waals surface area contributed by atoms with Crippen LogP contribution in [0.25, 0.3) is 11.4 Å². The number of benzene rings is 2. The fourth-order valence-electron chi connectivity index (χ4n) is 2.33. The van der Waals surface area contributed by atoms with E-state index in [0.717, 1.165) is 0 Å². The molecule has 0 radical (unpaired) electrons. The van der Waals surface area contributed by atoms with Crippen molar-refractivity contribution < 1.29 is 18.5 Å². The molecule has 28 heavy (non-hydrogen) atoms. The topological polar surface area (TPSA) is 97.1 Å². The van der Waals surface area contributed by atoms with Crippen LogP contribution in [0.5, 0.6) is 0 Å². The minimum atomic E-state index is -0.572. The van der Waals surface area contributed by atoms with E-state index in [9.17, 15) is 14.0 Å². The highest BCUT2D eigenvalue weighted by Gasteiger charge is 2.12. The molecule has 0 saturated heterocycles. The molecular formula is C19H16BrFN4O3. The van der Waals surface area contributed by atoms with Gasteiger partial charge in [-0.05, 0) is 30.3 Å². The first-order valence-electron chi connectivity index (χ1n) is 8.42. The Hall–Kier alpha value is -3.07. The summed E-state index contributed by atoms with van der Waals surface area (Å²) in [5.41, 5.74) is 1.12. The Morgan fingerprint density at radius 1 is 1.18 bits per heavy atom. The Labute approximate surface area is 168 Å². The summed E-state index contributed by atoms with van der Waals surface area (Å²) in [5, 5.41) is 8.77. The molecule has 2 aromatic carbocycles. The minimum absolute atomic E-state index is 0.0402. The Balaban J connectivity index is 1.56. The van der Waals surface area contributed by atoms with Gasteiger partial charge in [-0.1, -0.05) is 40.1 Å². The van der Waals surface area contributed by atoms with Crippen molar-refractivity contribution in [3.05, 3.63) is 64.2 Å². The zero-order valence-corrected chi connectivity index (χ0v) is 16.4. The number of aryl methyl sites for hydroxylation is 1. The standard InChI is InChI=1S/C19H16BrFN4O3/c1-2-17-24-18(25-28-17)11-3-5-12(6-4-11)19(27)22-10-16(26)23-15-8-7-13(20)9-14(15)21/h3-9H,2,10H2,1H3,(H,22,27)(H,23,26). The zero-order chi connectivity index (χ0) is 20.1. The molecule has 3 rings (SSSR count). The van der Waals surface area contributed by atoms with Gasteiger partial charge >= 0.3 is 0 Å². The van der Waals surface area contributed by atoms with Crippen molar-refractivity contribution in [2.45, 2.75) is 13.3 Å². The van der Waals surface area contributed by atoms with E-state index < -0.39 is 17.6 Å². The van der Waals surface area contributed by atoms with E-state index in [-0.39, 0.29) is 12.2 Å². The van der Waals surface area contributed by atoms with Crippen LogP contribution in [0.2, 0.25) is 0 Å². The Morgan fingerprint density at radius 3 is 2.57 bits per heavy atom. The van der Waals surface area contributed by atoms with Crippen molar-refractivity contribution in [1.29, 1.82) is 0 Å². The van der Waals surface area contributed by atoms with E-state index in [1.165, 1.54) is 12.1 Å². The monoisotopic (exact) mass is 446 g/mol. The third-order valence-corrected chi connectivity index (χ3v) is 4.28. The summed E-state index contributed by atoms with van der Waals surface area (Å²) in [6.45, 7) is 1.62. The van der Waals surface area contributed by atoms with Gasteiger partial charge < -0.3 is 15.2 Å². The van der Waals surface area contributed by atoms with Gasteiger partial charge in [0.1, 0.15) is 5.82 Å². The van der Waals surface area contributed by atoms with Gasteiger partial charge in [0.05, 0.1) is 12.2 Å². The van der Waals surface area contributed by atoms with E-state index in [4.69, 9.17) is 4.52 Å². The number of hydrogen-bond acceptors (Lipinski definition) is 5. The van der Waals surface area contributed by atoms with Gasteiger partial charge in [-0.15, -0.1) is 0 Å². The number of halogens is 2. The normalized spacial score (nSPS) is 10.5. The van der Waals surface area contributed by atoms with E-state index in [1.807, 2.05) is 6.92 Å². The third-order valence-electron chi connectivity index (χ3n) is 3.79. The fraction of sp³-hybridized carbons (Fsp3) is 0.158. The average Bonchev–Trinajstić information content (AvgIpc) is 3.18. The lowest BCUT2D eigenvalue weighted by Crippen LogP contribution is -2.33. The number of hydrogen-bond donors (Lipinski definition) is 2. The van der Waals surface area contributed by atoms with Gasteiger partial charge in [0.25, 0.3) is 5.91 Å². The quantitative estimate of drug-likeness (QED) is 0.603. The van der Waals surface area contributed by atoms with Crippen LogP contribution in [0.1, 0.15) is 23.2 Å². The van der Waals surface area contributed by atoms with Crippen LogP contribution in [0, 0.1) is 5.82 Å². The first-order chi connectivity index (χ1) is 13.5. The smallest absolute Gasteiger partial charge is 0.251 e. The predicted octanol–water partition coefficient (Wildman–Crippen LogP) is 3.57. The molecule has 0 aliphatic heterocycles. The van der Waals surface area contributed by atoms with Crippen LogP contribution >= 0.6 is 15.9 Å². The molecule has 0 unspecified atom stereocenters. The van der Waals surface area contributed by atoms with Gasteiger partial charge in [0, 0.05) is 22.0 Å². The van der Waals surface area contributed by atoms with Crippen LogP contribution < -0.4 is 10.6 Å². The summed E-state index contributed by atoms with van der Waals surface area (Å²) in [6.07, 6.45) is 0.639. The summed E-state index contributed by atoms with van der Waals surface area (Å²) in [4.78, 5) is 28.3. The highest BCUT2D eigenvalue weighted by molar-refractivity contribution is 9.10. The summed E-state index contributed by atoms with van der Waals surface area (Å²) < 4.78 is 19.3. The van der Waals surface area contributed by atoms with E-state index in [1.54, 1.807) is 30.3 Å². The maximum absolute atomic E-state index is 13.7. The Bertz CT molecular complexity index is 1000. The van der Waals surface area contributed by atoms with E-state index >= 15 is 0 Å². The largest absolute Gasteiger partial charge is 0.343 e. The summed E-state index contributed by atoms with van der Waals surface area (Å²) in [7, 11) is 0. The number of nitrogens with one attached hydrogen (secondary N) is 2. The summed E-state index contributed by atoms with van der Waals surface area (Å²) in [5.74, 6) is -0.562. The van der Waals surface area contributed by atoms with Crippen LogP contribution in [0.15, 0.2) is 51.5 Å². The van der Waals surface area contributed by atoms with Gasteiger partial charge in [-0.25, -0.2) is 4.39 Å². The lowest BCUT2D eigenvalue weighted by atomic mass is 10.1. The maximum atomic E-state index is 13.7. The average molecular weight is 447 g/mol. The Kier molecular flexibility index (Phi) is 6.15. The van der Waals surface area contributed by atoms with Gasteiger partial charge in [-0.2, -0.15) is 4.98 Å². The summed E-state index contributed by atoms with van der Waals surface area (Å²) >= 11 is 3.14. The van der Waals surface area contributed by atoms with Crippen LogP contribution in [-0.4, -0.2) is 28.5 Å². The zero-order valence-electron chi connectivity index (χ0n) is 14.8. The number of anilines is 1. The second kappa shape index (κ2) is 8.75. The molecular weight excluding hydrogens is 431 g/mol. The third kappa shape index (κ3) is 4.80. The predicted molar refractivity (Wildman–Crippen MR) is 104 cm³/mol. The number of rotatable bonds is 6. The van der Waals surface area contributed by atoms with Gasteiger partial charge in [0.15, 0.2) is 0 Å². The molecule has 2 N–H and O–H groups in total. The van der Waals surface area contributed by atoms with Crippen molar-refractivity contribution in [3.63, 3.8) is 0 Å². The lowest BCUT2D eigenvalue weighted by Gasteiger charge is -2.08. The summed E-state index contributed by atoms with van der Waals surface area (Å²) in [6, 6.07) is 10.8. The van der Waals surface area contributed by atoms with Crippen molar-refractivity contribution >= 4 is 33.4 Å². The van der Waals surface area contributed by atoms with Gasteiger partial charge in [-0.3, -0.25) is 9.59 Å². The first kappa shape index (κ1) is 19.7. The maximum Gasteiger partial charge on any atom is 0.251 e. The molecule has 7 nitrogen and oxygen atoms in total. The Morgan fingerprint density at radius 2 is 1.93 bits per heavy atom. The number of carbonyl (C=O) groups excluding carboxylic acids is 2. The van der Waals surface area contributed by atoms with E-state index in [2.05, 4.69) is 36.7 Å². The van der Waals surface area contributed by atoms with Crippen LogP contribution in [0.3, 0.4) is 0 Å². The molecule has 0 spiro atoms. The number of nitrogens with zero attached hydrogens (tertiary/aromatic N) is 2. The van der Waals surface area contributed by atoms with Crippen LogP contribution in [0.4, 0.5) is 10.1 Å². The second-order valence-corrected chi connectivity index (χ2v) is 6.71. The molecule has 3 aromatic rings. The number of carbonyl (C=O) groups is 2. The fourth-order valence-corrected chi connectivity index (χ4v) is 2.67.